The van der Waals surface area contributed by atoms with Gasteiger partial charge in [-0.3, -0.25) is 9.59 Å². The maximum Gasteiger partial charge on any atom is 0.228 e. The summed E-state index contributed by atoms with van der Waals surface area (Å²) in [5.41, 5.74) is 3.80. The highest BCUT2D eigenvalue weighted by molar-refractivity contribution is 5.92. The largest absolute Gasteiger partial charge is 0.355 e. The van der Waals surface area contributed by atoms with Crippen molar-refractivity contribution >= 4 is 34.6 Å². The van der Waals surface area contributed by atoms with E-state index in [-0.39, 0.29) is 24.1 Å². The lowest BCUT2D eigenvalue weighted by atomic mass is 10.1. The first kappa shape index (κ1) is 19.1. The van der Waals surface area contributed by atoms with Crippen LogP contribution in [0.4, 0.5) is 27.1 Å². The van der Waals surface area contributed by atoms with Crippen LogP contribution in [-0.4, -0.2) is 11.8 Å². The summed E-state index contributed by atoms with van der Waals surface area (Å²) in [7, 11) is 0. The molecule has 6 heteroatoms. The molecule has 142 valence electrons. The predicted molar refractivity (Wildman–Crippen MR) is 109 cm³/mol. The summed E-state index contributed by atoms with van der Waals surface area (Å²) in [4.78, 5) is 23.3. The SMILES string of the molecule is CC(=O)Nc1cccc(Nc2ccc(NC(=O)Cc3ccc(F)cc3)cc2)c1. The molecule has 3 rings (SSSR count). The quantitative estimate of drug-likeness (QED) is 0.583. The fourth-order valence-electron chi connectivity index (χ4n) is 2.67. The van der Waals surface area contributed by atoms with Gasteiger partial charge in [0.1, 0.15) is 5.82 Å². The summed E-state index contributed by atoms with van der Waals surface area (Å²) in [6.07, 6.45) is 0.177. The second kappa shape index (κ2) is 8.81. The zero-order chi connectivity index (χ0) is 19.9. The number of rotatable bonds is 6. The number of hydrogen-bond acceptors (Lipinski definition) is 3. The van der Waals surface area contributed by atoms with Crippen LogP contribution in [0.3, 0.4) is 0 Å². The minimum atomic E-state index is -0.324. The third-order valence-electron chi connectivity index (χ3n) is 3.92. The molecule has 3 aromatic carbocycles. The Morgan fingerprint density at radius 2 is 1.43 bits per heavy atom. The molecule has 2 amide bonds. The number of benzene rings is 3. The molecule has 0 saturated heterocycles. The van der Waals surface area contributed by atoms with Crippen molar-refractivity contribution in [2.24, 2.45) is 0 Å². The van der Waals surface area contributed by atoms with Gasteiger partial charge in [-0.25, -0.2) is 4.39 Å². The fraction of sp³-hybridized carbons (Fsp3) is 0.0909. The lowest BCUT2D eigenvalue weighted by Crippen LogP contribution is -2.14. The van der Waals surface area contributed by atoms with E-state index in [1.165, 1.54) is 19.1 Å². The van der Waals surface area contributed by atoms with Crippen LogP contribution in [0.15, 0.2) is 72.8 Å². The van der Waals surface area contributed by atoms with Crippen molar-refractivity contribution in [3.05, 3.63) is 84.2 Å². The van der Waals surface area contributed by atoms with Gasteiger partial charge in [0.15, 0.2) is 0 Å². The first-order valence-corrected chi connectivity index (χ1v) is 8.77. The second-order valence-electron chi connectivity index (χ2n) is 6.32. The fourth-order valence-corrected chi connectivity index (χ4v) is 2.67. The van der Waals surface area contributed by atoms with Gasteiger partial charge in [0.05, 0.1) is 6.42 Å². The van der Waals surface area contributed by atoms with E-state index in [9.17, 15) is 14.0 Å². The molecule has 0 aliphatic rings. The Morgan fingerprint density at radius 1 is 0.786 bits per heavy atom. The summed E-state index contributed by atoms with van der Waals surface area (Å²) in [5.74, 6) is -0.622. The van der Waals surface area contributed by atoms with Crippen LogP contribution < -0.4 is 16.0 Å². The molecule has 5 nitrogen and oxygen atoms in total. The number of carbonyl (C=O) groups is 2. The molecule has 0 aromatic heterocycles. The Labute approximate surface area is 162 Å². The highest BCUT2D eigenvalue weighted by Crippen LogP contribution is 2.21. The molecule has 0 aliphatic heterocycles. The maximum atomic E-state index is 12.9. The first-order valence-electron chi connectivity index (χ1n) is 8.77. The van der Waals surface area contributed by atoms with Crippen molar-refractivity contribution in [2.45, 2.75) is 13.3 Å². The molecule has 0 unspecified atom stereocenters. The Balaban J connectivity index is 1.58. The molecule has 0 saturated carbocycles. The van der Waals surface area contributed by atoms with E-state index in [2.05, 4.69) is 16.0 Å². The molecule has 0 aliphatic carbocycles. The molecule has 3 aromatic rings. The van der Waals surface area contributed by atoms with Gasteiger partial charge in [0.25, 0.3) is 0 Å². The average molecular weight is 377 g/mol. The van der Waals surface area contributed by atoms with E-state index >= 15 is 0 Å². The predicted octanol–water partition coefficient (Wildman–Crippen LogP) is 4.71. The molecule has 28 heavy (non-hydrogen) atoms. The Hall–Kier alpha value is -3.67. The third kappa shape index (κ3) is 5.67. The Morgan fingerprint density at radius 3 is 2.11 bits per heavy atom. The summed E-state index contributed by atoms with van der Waals surface area (Å²) in [6.45, 7) is 1.46. The Bertz CT molecular complexity index is 970. The molecule has 0 bridgehead atoms. The van der Waals surface area contributed by atoms with Crippen molar-refractivity contribution < 1.29 is 14.0 Å². The standard InChI is InChI=1S/C22H20FN3O2/c1-15(27)24-20-3-2-4-21(14-20)25-18-9-11-19(12-10-18)26-22(28)13-16-5-7-17(23)8-6-16/h2-12,14,25H,13H2,1H3,(H,24,27)(H,26,28). The van der Waals surface area contributed by atoms with E-state index in [0.717, 1.165) is 16.9 Å². The van der Waals surface area contributed by atoms with Gasteiger partial charge in [-0.2, -0.15) is 0 Å². The lowest BCUT2D eigenvalue weighted by molar-refractivity contribution is -0.116. The van der Waals surface area contributed by atoms with Crippen LogP contribution in [0, 0.1) is 5.82 Å². The number of carbonyl (C=O) groups excluding carboxylic acids is 2. The summed E-state index contributed by atoms with van der Waals surface area (Å²) in [5, 5.41) is 8.80. The maximum absolute atomic E-state index is 12.9. The van der Waals surface area contributed by atoms with Gasteiger partial charge >= 0.3 is 0 Å². The average Bonchev–Trinajstić information content (AvgIpc) is 2.65. The first-order chi connectivity index (χ1) is 13.5. The number of anilines is 4. The van der Waals surface area contributed by atoms with Gasteiger partial charge in [-0.15, -0.1) is 0 Å². The highest BCUT2D eigenvalue weighted by atomic mass is 19.1. The van der Waals surface area contributed by atoms with Gasteiger partial charge in [0.2, 0.25) is 11.8 Å². The monoisotopic (exact) mass is 377 g/mol. The second-order valence-corrected chi connectivity index (χ2v) is 6.32. The molecule has 0 atom stereocenters. The minimum Gasteiger partial charge on any atom is -0.355 e. The Kier molecular flexibility index (Phi) is 6.01. The zero-order valence-corrected chi connectivity index (χ0v) is 15.3. The van der Waals surface area contributed by atoms with Crippen molar-refractivity contribution in [3.63, 3.8) is 0 Å². The van der Waals surface area contributed by atoms with Crippen molar-refractivity contribution in [1.29, 1.82) is 0 Å². The van der Waals surface area contributed by atoms with Crippen molar-refractivity contribution in [1.82, 2.24) is 0 Å². The van der Waals surface area contributed by atoms with Gasteiger partial charge in [-0.1, -0.05) is 18.2 Å². The molecular formula is C22H20FN3O2. The molecular weight excluding hydrogens is 357 g/mol. The number of halogens is 1. The third-order valence-corrected chi connectivity index (χ3v) is 3.92. The van der Waals surface area contributed by atoms with Crippen LogP contribution >= 0.6 is 0 Å². The van der Waals surface area contributed by atoms with Crippen LogP contribution in [-0.2, 0) is 16.0 Å². The molecule has 0 radical (unpaired) electrons. The van der Waals surface area contributed by atoms with E-state index in [0.29, 0.717) is 11.4 Å². The van der Waals surface area contributed by atoms with E-state index in [4.69, 9.17) is 0 Å². The van der Waals surface area contributed by atoms with Crippen LogP contribution in [0.5, 0.6) is 0 Å². The number of nitrogens with one attached hydrogen (secondary N) is 3. The molecule has 3 N–H and O–H groups in total. The van der Waals surface area contributed by atoms with Crippen LogP contribution in [0.2, 0.25) is 0 Å². The summed E-state index contributed by atoms with van der Waals surface area (Å²) < 4.78 is 12.9. The van der Waals surface area contributed by atoms with Crippen molar-refractivity contribution in [3.8, 4) is 0 Å². The highest BCUT2D eigenvalue weighted by Gasteiger charge is 2.05. The van der Waals surface area contributed by atoms with E-state index in [1.54, 1.807) is 24.3 Å². The smallest absolute Gasteiger partial charge is 0.228 e. The van der Waals surface area contributed by atoms with Gasteiger partial charge in [0, 0.05) is 29.7 Å². The van der Waals surface area contributed by atoms with Crippen LogP contribution in [0.1, 0.15) is 12.5 Å². The molecule has 0 fully saturated rings. The van der Waals surface area contributed by atoms with Crippen LogP contribution in [0.25, 0.3) is 0 Å². The zero-order valence-electron chi connectivity index (χ0n) is 15.3. The lowest BCUT2D eigenvalue weighted by Gasteiger charge is -2.10. The van der Waals surface area contributed by atoms with Crippen molar-refractivity contribution in [2.75, 3.05) is 16.0 Å². The van der Waals surface area contributed by atoms with Gasteiger partial charge in [-0.05, 0) is 60.2 Å². The minimum absolute atomic E-state index is 0.127. The van der Waals surface area contributed by atoms with Gasteiger partial charge < -0.3 is 16.0 Å². The normalized spacial score (nSPS) is 10.2. The van der Waals surface area contributed by atoms with E-state index < -0.39 is 0 Å². The number of hydrogen-bond donors (Lipinski definition) is 3. The summed E-state index contributed by atoms with van der Waals surface area (Å²) >= 11 is 0. The molecule has 0 heterocycles. The summed E-state index contributed by atoms with van der Waals surface area (Å²) in [6, 6.07) is 20.5. The number of amides is 2. The molecule has 0 spiro atoms. The van der Waals surface area contributed by atoms with E-state index in [1.807, 2.05) is 36.4 Å². The topological polar surface area (TPSA) is 70.2 Å².